The van der Waals surface area contributed by atoms with Crippen LogP contribution < -0.4 is 10.3 Å². The van der Waals surface area contributed by atoms with E-state index in [0.717, 1.165) is 0 Å². The van der Waals surface area contributed by atoms with Crippen molar-refractivity contribution in [3.8, 4) is 28.3 Å². The number of H-pyrrole nitrogens is 1. The van der Waals surface area contributed by atoms with Gasteiger partial charge in [0, 0.05) is 24.0 Å². The Balaban J connectivity index is 2.00. The highest BCUT2D eigenvalue weighted by atomic mass is 19.1. The summed E-state index contributed by atoms with van der Waals surface area (Å²) in [7, 11) is 1.41. The average molecular weight is 337 g/mol. The maximum atomic E-state index is 14.1. The Bertz CT molecular complexity index is 1120. The molecule has 0 saturated heterocycles. The lowest BCUT2D eigenvalue weighted by Gasteiger charge is -2.05. The van der Waals surface area contributed by atoms with Gasteiger partial charge in [-0.25, -0.2) is 14.0 Å². The third-order valence-electron chi connectivity index (χ3n) is 3.80. The van der Waals surface area contributed by atoms with E-state index in [-0.39, 0.29) is 11.3 Å². The largest absolute Gasteiger partial charge is 0.494 e. The van der Waals surface area contributed by atoms with E-state index in [0.29, 0.717) is 28.0 Å². The molecule has 0 unspecified atom stereocenters. The zero-order valence-corrected chi connectivity index (χ0v) is 13.1. The Hall–Kier alpha value is -3.55. The van der Waals surface area contributed by atoms with Crippen LogP contribution in [0.5, 0.6) is 5.75 Å². The molecule has 4 aromatic rings. The summed E-state index contributed by atoms with van der Waals surface area (Å²) in [5, 5.41) is 11.0. The van der Waals surface area contributed by atoms with Crippen LogP contribution in [0.4, 0.5) is 4.39 Å². The van der Waals surface area contributed by atoms with E-state index in [9.17, 15) is 9.18 Å². The molecule has 1 N–H and O–H groups in total. The fraction of sp³-hybridized carbons (Fsp3) is 0.0588. The summed E-state index contributed by atoms with van der Waals surface area (Å²) in [4.78, 5) is 15.4. The first-order valence-electron chi connectivity index (χ1n) is 7.40. The van der Waals surface area contributed by atoms with Crippen LogP contribution >= 0.6 is 0 Å². The molecule has 0 saturated carbocycles. The van der Waals surface area contributed by atoms with Crippen LogP contribution in [0, 0.1) is 5.82 Å². The Kier molecular flexibility index (Phi) is 3.50. The number of nitrogens with one attached hydrogen (secondary N) is 1. The number of aromatic nitrogens is 5. The molecular weight excluding hydrogens is 325 g/mol. The van der Waals surface area contributed by atoms with Crippen LogP contribution in [0.1, 0.15) is 0 Å². The Morgan fingerprint density at radius 1 is 1.24 bits per heavy atom. The maximum absolute atomic E-state index is 14.1. The number of hydrogen-bond donors (Lipinski definition) is 1. The topological polar surface area (TPSA) is 85.2 Å². The van der Waals surface area contributed by atoms with Crippen LogP contribution in [0.15, 0.2) is 53.7 Å². The van der Waals surface area contributed by atoms with E-state index in [2.05, 4.69) is 20.3 Å². The molecule has 0 aliphatic heterocycles. The Morgan fingerprint density at radius 2 is 2.12 bits per heavy atom. The summed E-state index contributed by atoms with van der Waals surface area (Å²) in [6.07, 6.45) is 4.93. The van der Waals surface area contributed by atoms with Crippen molar-refractivity contribution < 1.29 is 9.13 Å². The molecule has 0 aliphatic rings. The first-order valence-corrected chi connectivity index (χ1v) is 7.40. The molecule has 124 valence electrons. The number of halogens is 1. The van der Waals surface area contributed by atoms with Crippen LogP contribution in [0.3, 0.4) is 0 Å². The normalized spacial score (nSPS) is 11.0. The molecule has 4 rings (SSSR count). The van der Waals surface area contributed by atoms with Crippen molar-refractivity contribution in [3.05, 3.63) is 65.1 Å². The van der Waals surface area contributed by atoms with Crippen LogP contribution in [0.2, 0.25) is 0 Å². The summed E-state index contributed by atoms with van der Waals surface area (Å²) < 4.78 is 20.7. The predicted molar refractivity (Wildman–Crippen MR) is 88.8 cm³/mol. The van der Waals surface area contributed by atoms with Crippen molar-refractivity contribution in [1.82, 2.24) is 24.8 Å². The van der Waals surface area contributed by atoms with E-state index < -0.39 is 5.82 Å². The van der Waals surface area contributed by atoms with E-state index in [4.69, 9.17) is 4.74 Å². The van der Waals surface area contributed by atoms with Crippen molar-refractivity contribution in [3.63, 3.8) is 0 Å². The van der Waals surface area contributed by atoms with Gasteiger partial charge in [0.15, 0.2) is 11.6 Å². The standard InChI is InChI=1S/C17H12FN5O2/c1-25-14-4-2-10(8-11(14)18)17-16(12-3-5-15(24)21-20-12)13-9-19-6-7-23(13)22-17/h2-9H,1H3,(H,21,24). The summed E-state index contributed by atoms with van der Waals surface area (Å²) >= 11 is 0. The third-order valence-corrected chi connectivity index (χ3v) is 3.80. The van der Waals surface area contributed by atoms with Gasteiger partial charge in [-0.2, -0.15) is 10.2 Å². The highest BCUT2D eigenvalue weighted by molar-refractivity contribution is 5.90. The van der Waals surface area contributed by atoms with Gasteiger partial charge in [-0.1, -0.05) is 0 Å². The molecule has 0 bridgehead atoms. The second-order valence-corrected chi connectivity index (χ2v) is 5.29. The second-order valence-electron chi connectivity index (χ2n) is 5.29. The molecule has 8 heteroatoms. The monoisotopic (exact) mass is 337 g/mol. The number of methoxy groups -OCH3 is 1. The SMILES string of the molecule is COc1ccc(-c2nn3ccncc3c2-c2ccc(=O)[nH]n2)cc1F. The van der Waals surface area contributed by atoms with E-state index in [1.165, 1.54) is 25.3 Å². The maximum Gasteiger partial charge on any atom is 0.264 e. The first kappa shape index (κ1) is 15.0. The molecule has 0 fully saturated rings. The lowest BCUT2D eigenvalue weighted by molar-refractivity contribution is 0.386. The highest BCUT2D eigenvalue weighted by Gasteiger charge is 2.19. The number of rotatable bonds is 3. The number of hydrogen-bond acceptors (Lipinski definition) is 5. The molecule has 7 nitrogen and oxygen atoms in total. The van der Waals surface area contributed by atoms with E-state index >= 15 is 0 Å². The van der Waals surface area contributed by atoms with Gasteiger partial charge in [0.25, 0.3) is 5.56 Å². The minimum absolute atomic E-state index is 0.151. The van der Waals surface area contributed by atoms with Gasteiger partial charge < -0.3 is 4.74 Å². The summed E-state index contributed by atoms with van der Waals surface area (Å²) in [5.74, 6) is -0.339. The molecule has 3 aromatic heterocycles. The fourth-order valence-electron chi connectivity index (χ4n) is 2.65. The zero-order valence-electron chi connectivity index (χ0n) is 13.1. The van der Waals surface area contributed by atoms with Gasteiger partial charge in [0.05, 0.1) is 30.1 Å². The third kappa shape index (κ3) is 2.53. The lowest BCUT2D eigenvalue weighted by atomic mass is 10.0. The van der Waals surface area contributed by atoms with Crippen molar-refractivity contribution in [1.29, 1.82) is 0 Å². The van der Waals surface area contributed by atoms with E-state index in [1.54, 1.807) is 35.2 Å². The molecule has 3 heterocycles. The molecular formula is C17H12FN5O2. The average Bonchev–Trinajstić information content (AvgIpc) is 3.02. The zero-order chi connectivity index (χ0) is 17.4. The molecule has 0 spiro atoms. The lowest BCUT2D eigenvalue weighted by Crippen LogP contribution is -2.05. The number of nitrogens with zero attached hydrogens (tertiary/aromatic N) is 4. The van der Waals surface area contributed by atoms with Gasteiger partial charge >= 0.3 is 0 Å². The van der Waals surface area contributed by atoms with Gasteiger partial charge in [-0.05, 0) is 24.3 Å². The number of fused-ring (bicyclic) bond motifs is 1. The summed E-state index contributed by atoms with van der Waals surface area (Å²) in [6.45, 7) is 0. The molecule has 25 heavy (non-hydrogen) atoms. The van der Waals surface area contributed by atoms with Gasteiger partial charge in [0.1, 0.15) is 5.69 Å². The van der Waals surface area contributed by atoms with Crippen LogP contribution in [-0.2, 0) is 0 Å². The predicted octanol–water partition coefficient (Wildman–Crippen LogP) is 2.29. The van der Waals surface area contributed by atoms with Gasteiger partial charge in [-0.15, -0.1) is 0 Å². The molecule has 0 radical (unpaired) electrons. The molecule has 0 amide bonds. The Morgan fingerprint density at radius 3 is 2.84 bits per heavy atom. The smallest absolute Gasteiger partial charge is 0.264 e. The molecule has 0 aliphatic carbocycles. The number of benzene rings is 1. The molecule has 1 aromatic carbocycles. The van der Waals surface area contributed by atoms with Gasteiger partial charge in [0.2, 0.25) is 0 Å². The number of aromatic amines is 1. The summed E-state index contributed by atoms with van der Waals surface area (Å²) in [5.41, 5.74) is 2.62. The second kappa shape index (κ2) is 5.82. The van der Waals surface area contributed by atoms with Crippen LogP contribution in [-0.4, -0.2) is 31.9 Å². The summed E-state index contributed by atoms with van der Waals surface area (Å²) in [6, 6.07) is 7.57. The number of ether oxygens (including phenoxy) is 1. The molecule has 0 atom stereocenters. The van der Waals surface area contributed by atoms with E-state index in [1.807, 2.05) is 0 Å². The quantitative estimate of drug-likeness (QED) is 0.620. The van der Waals surface area contributed by atoms with Crippen molar-refractivity contribution in [2.24, 2.45) is 0 Å². The first-order chi connectivity index (χ1) is 12.2. The minimum Gasteiger partial charge on any atom is -0.494 e. The van der Waals surface area contributed by atoms with Crippen molar-refractivity contribution in [2.45, 2.75) is 0 Å². The minimum atomic E-state index is -0.490. The van der Waals surface area contributed by atoms with Crippen LogP contribution in [0.25, 0.3) is 28.0 Å². The van der Waals surface area contributed by atoms with Crippen molar-refractivity contribution >= 4 is 5.52 Å². The van der Waals surface area contributed by atoms with Crippen molar-refractivity contribution in [2.75, 3.05) is 7.11 Å². The Labute approximate surface area is 140 Å². The highest BCUT2D eigenvalue weighted by Crippen LogP contribution is 2.34. The van der Waals surface area contributed by atoms with Gasteiger partial charge in [-0.3, -0.25) is 9.78 Å². The fourth-order valence-corrected chi connectivity index (χ4v) is 2.65.